The highest BCUT2D eigenvalue weighted by atomic mass is 35.5. The Kier molecular flexibility index (Phi) is 2.49. The molecule has 0 bridgehead atoms. The molecule has 9 heavy (non-hydrogen) atoms. The third-order valence-corrected chi connectivity index (χ3v) is 1.85. The number of rotatable bonds is 1. The van der Waals surface area contributed by atoms with Crippen molar-refractivity contribution in [1.82, 2.24) is 5.32 Å². The summed E-state index contributed by atoms with van der Waals surface area (Å²) in [5.41, 5.74) is 0. The van der Waals surface area contributed by atoms with E-state index in [-0.39, 0.29) is 11.3 Å². The minimum atomic E-state index is -0.241. The zero-order chi connectivity index (χ0) is 6.69. The van der Waals surface area contributed by atoms with Crippen molar-refractivity contribution in [2.45, 2.75) is 25.3 Å². The highest BCUT2D eigenvalue weighted by Crippen LogP contribution is 2.08. The first-order valence-electron chi connectivity index (χ1n) is 3.23. The van der Waals surface area contributed by atoms with Gasteiger partial charge in [-0.25, -0.2) is 0 Å². The highest BCUT2D eigenvalue weighted by molar-refractivity contribution is 6.64. The van der Waals surface area contributed by atoms with Gasteiger partial charge in [0.25, 0.3) is 0 Å². The number of hydrogen-bond donors (Lipinski definition) is 1. The first-order chi connectivity index (χ1) is 4.30. The first-order valence-corrected chi connectivity index (χ1v) is 3.61. The fourth-order valence-corrected chi connectivity index (χ4v) is 1.23. The van der Waals surface area contributed by atoms with Crippen LogP contribution in [0.2, 0.25) is 0 Å². The Morgan fingerprint density at radius 3 is 2.67 bits per heavy atom. The molecule has 0 saturated carbocycles. The van der Waals surface area contributed by atoms with Gasteiger partial charge in [0.05, 0.1) is 6.04 Å². The van der Waals surface area contributed by atoms with Crippen molar-refractivity contribution in [3.63, 3.8) is 0 Å². The summed E-state index contributed by atoms with van der Waals surface area (Å²) in [6.45, 7) is 0.934. The highest BCUT2D eigenvalue weighted by Gasteiger charge is 2.17. The second-order valence-electron chi connectivity index (χ2n) is 2.31. The van der Waals surface area contributed by atoms with Crippen molar-refractivity contribution in [1.29, 1.82) is 0 Å². The van der Waals surface area contributed by atoms with Crippen LogP contribution in [-0.4, -0.2) is 17.8 Å². The molecular formula is C6H10ClNO. The zero-order valence-electron chi connectivity index (χ0n) is 5.19. The molecule has 0 radical (unpaired) electrons. The van der Waals surface area contributed by atoms with Crippen LogP contribution >= 0.6 is 11.6 Å². The smallest absolute Gasteiger partial charge is 0.238 e. The summed E-state index contributed by atoms with van der Waals surface area (Å²) in [5, 5.41) is 2.80. The Bertz CT molecular complexity index is 110. The van der Waals surface area contributed by atoms with E-state index in [9.17, 15) is 4.79 Å². The normalized spacial score (nSPS) is 27.9. The number of carbonyl (C=O) groups is 1. The van der Waals surface area contributed by atoms with E-state index < -0.39 is 0 Å². The molecule has 1 N–H and O–H groups in total. The molecule has 0 aromatic heterocycles. The average molecular weight is 148 g/mol. The monoisotopic (exact) mass is 147 g/mol. The molecule has 1 saturated heterocycles. The summed E-state index contributed by atoms with van der Waals surface area (Å²) in [4.78, 5) is 10.5. The second kappa shape index (κ2) is 3.18. The van der Waals surface area contributed by atoms with Crippen molar-refractivity contribution in [2.75, 3.05) is 6.54 Å². The molecule has 0 aromatic rings. The molecule has 0 aliphatic carbocycles. The van der Waals surface area contributed by atoms with Crippen molar-refractivity contribution in [3.8, 4) is 0 Å². The van der Waals surface area contributed by atoms with Crippen LogP contribution in [0.4, 0.5) is 0 Å². The summed E-state index contributed by atoms with van der Waals surface area (Å²) in [6.07, 6.45) is 3.19. The van der Waals surface area contributed by atoms with Gasteiger partial charge in [0.2, 0.25) is 5.24 Å². The minimum absolute atomic E-state index is 0.0691. The Morgan fingerprint density at radius 2 is 2.33 bits per heavy atom. The summed E-state index contributed by atoms with van der Waals surface area (Å²) in [6, 6.07) is -0.0691. The SMILES string of the molecule is O=C(Cl)[C@H]1CCCCN1. The molecule has 1 heterocycles. The summed E-state index contributed by atoms with van der Waals surface area (Å²) >= 11 is 5.26. The van der Waals surface area contributed by atoms with Gasteiger partial charge in [0, 0.05) is 0 Å². The van der Waals surface area contributed by atoms with Gasteiger partial charge in [-0.15, -0.1) is 0 Å². The van der Waals surface area contributed by atoms with Gasteiger partial charge in [-0.05, 0) is 31.0 Å². The van der Waals surface area contributed by atoms with E-state index in [1.807, 2.05) is 0 Å². The van der Waals surface area contributed by atoms with Crippen molar-refractivity contribution >= 4 is 16.8 Å². The molecule has 1 atom stereocenters. The molecule has 0 aromatic carbocycles. The lowest BCUT2D eigenvalue weighted by Gasteiger charge is -2.18. The lowest BCUT2D eigenvalue weighted by molar-refractivity contribution is -0.113. The summed E-state index contributed by atoms with van der Waals surface area (Å²) in [7, 11) is 0. The largest absolute Gasteiger partial charge is 0.306 e. The van der Waals surface area contributed by atoms with Crippen molar-refractivity contribution < 1.29 is 4.79 Å². The van der Waals surface area contributed by atoms with Crippen LogP contribution in [0.3, 0.4) is 0 Å². The maximum atomic E-state index is 10.5. The van der Waals surface area contributed by atoms with Crippen LogP contribution < -0.4 is 5.32 Å². The lowest BCUT2D eigenvalue weighted by Crippen LogP contribution is -2.38. The summed E-state index contributed by atoms with van der Waals surface area (Å²) in [5.74, 6) is 0. The van der Waals surface area contributed by atoms with E-state index >= 15 is 0 Å². The quantitative estimate of drug-likeness (QED) is 0.559. The van der Waals surface area contributed by atoms with Gasteiger partial charge in [-0.3, -0.25) is 4.79 Å². The molecule has 1 rings (SSSR count). The van der Waals surface area contributed by atoms with Gasteiger partial charge >= 0.3 is 0 Å². The Balaban J connectivity index is 2.31. The molecule has 0 unspecified atom stereocenters. The number of piperidine rings is 1. The second-order valence-corrected chi connectivity index (χ2v) is 2.68. The Labute approximate surface area is 59.6 Å². The molecule has 2 nitrogen and oxygen atoms in total. The van der Waals surface area contributed by atoms with Crippen molar-refractivity contribution in [2.24, 2.45) is 0 Å². The number of hydrogen-bond acceptors (Lipinski definition) is 2. The molecule has 52 valence electrons. The average Bonchev–Trinajstić information content (AvgIpc) is 1.90. The van der Waals surface area contributed by atoms with Crippen LogP contribution in [-0.2, 0) is 4.79 Å². The number of halogens is 1. The third-order valence-electron chi connectivity index (χ3n) is 1.58. The summed E-state index contributed by atoms with van der Waals surface area (Å²) < 4.78 is 0. The molecule has 1 aliphatic heterocycles. The molecule has 1 fully saturated rings. The van der Waals surface area contributed by atoms with Gasteiger partial charge in [-0.1, -0.05) is 6.42 Å². The fraction of sp³-hybridized carbons (Fsp3) is 0.833. The van der Waals surface area contributed by atoms with Gasteiger partial charge in [0.15, 0.2) is 0 Å². The molecule has 0 amide bonds. The van der Waals surface area contributed by atoms with Crippen molar-refractivity contribution in [3.05, 3.63) is 0 Å². The topological polar surface area (TPSA) is 29.1 Å². The van der Waals surface area contributed by atoms with E-state index in [0.29, 0.717) is 0 Å². The predicted molar refractivity (Wildman–Crippen MR) is 36.5 cm³/mol. The van der Waals surface area contributed by atoms with Crippen LogP contribution in [0.15, 0.2) is 0 Å². The minimum Gasteiger partial charge on any atom is -0.306 e. The maximum Gasteiger partial charge on any atom is 0.238 e. The fourth-order valence-electron chi connectivity index (χ4n) is 1.05. The van der Waals surface area contributed by atoms with E-state index in [2.05, 4.69) is 5.32 Å². The maximum absolute atomic E-state index is 10.5. The lowest BCUT2D eigenvalue weighted by atomic mass is 10.1. The van der Waals surface area contributed by atoms with Crippen LogP contribution in [0, 0.1) is 0 Å². The predicted octanol–water partition coefficient (Wildman–Crippen LogP) is 0.894. The van der Waals surface area contributed by atoms with Gasteiger partial charge in [0.1, 0.15) is 0 Å². The van der Waals surface area contributed by atoms with Crippen LogP contribution in [0.5, 0.6) is 0 Å². The number of nitrogens with one attached hydrogen (secondary N) is 1. The number of carbonyl (C=O) groups excluding carboxylic acids is 1. The Hall–Kier alpha value is -0.0800. The zero-order valence-corrected chi connectivity index (χ0v) is 5.95. The molecule has 1 aliphatic rings. The van der Waals surface area contributed by atoms with Crippen LogP contribution in [0.1, 0.15) is 19.3 Å². The first kappa shape index (κ1) is 7.03. The van der Waals surface area contributed by atoms with E-state index in [1.54, 1.807) is 0 Å². The molecular weight excluding hydrogens is 138 g/mol. The third kappa shape index (κ3) is 1.95. The van der Waals surface area contributed by atoms with Gasteiger partial charge in [-0.2, -0.15) is 0 Å². The molecule has 0 spiro atoms. The van der Waals surface area contributed by atoms with Gasteiger partial charge < -0.3 is 5.32 Å². The Morgan fingerprint density at radius 1 is 1.56 bits per heavy atom. The van der Waals surface area contributed by atoms with E-state index in [1.165, 1.54) is 6.42 Å². The standard InChI is InChI=1S/C6H10ClNO/c7-6(9)5-3-1-2-4-8-5/h5,8H,1-4H2/t5-/m1/s1. The van der Waals surface area contributed by atoms with E-state index in [4.69, 9.17) is 11.6 Å². The molecule has 3 heteroatoms. The van der Waals surface area contributed by atoms with E-state index in [0.717, 1.165) is 19.4 Å². The van der Waals surface area contributed by atoms with Crippen LogP contribution in [0.25, 0.3) is 0 Å².